The van der Waals surface area contributed by atoms with Crippen LogP contribution in [0.4, 0.5) is 0 Å². The molecule has 1 aliphatic heterocycles. The molecule has 3 nitrogen and oxygen atoms in total. The summed E-state index contributed by atoms with van der Waals surface area (Å²) in [6.45, 7) is 6.23. The van der Waals surface area contributed by atoms with Gasteiger partial charge in [-0.15, -0.1) is 0 Å². The fourth-order valence-electron chi connectivity index (χ4n) is 1.95. The quantitative estimate of drug-likeness (QED) is 0.831. The van der Waals surface area contributed by atoms with Gasteiger partial charge in [-0.2, -0.15) is 0 Å². The Morgan fingerprint density at radius 2 is 1.89 bits per heavy atom. The van der Waals surface area contributed by atoms with Crippen LogP contribution in [0.25, 0.3) is 0 Å². The van der Waals surface area contributed by atoms with Gasteiger partial charge in [0.15, 0.2) is 0 Å². The van der Waals surface area contributed by atoms with Crippen LogP contribution in [0.3, 0.4) is 0 Å². The monoisotopic (exact) mass is 265 g/mol. The maximum atomic E-state index is 10.4. The van der Waals surface area contributed by atoms with Gasteiger partial charge in [0.1, 0.15) is 0 Å². The molecule has 19 heavy (non-hydrogen) atoms. The van der Waals surface area contributed by atoms with Gasteiger partial charge in [-0.05, 0) is 30.7 Å². The van der Waals surface area contributed by atoms with E-state index in [0.29, 0.717) is 5.92 Å². The fourth-order valence-corrected chi connectivity index (χ4v) is 1.95. The van der Waals surface area contributed by atoms with Crippen LogP contribution in [0, 0.1) is 5.92 Å². The van der Waals surface area contributed by atoms with Gasteiger partial charge in [0.05, 0.1) is 0 Å². The number of ether oxygens (including phenoxy) is 1. The van der Waals surface area contributed by atoms with Crippen LogP contribution in [0.1, 0.15) is 33.7 Å². The van der Waals surface area contributed by atoms with E-state index < -0.39 is 0 Å². The largest absolute Gasteiger partial charge is 0.381 e. The van der Waals surface area contributed by atoms with Gasteiger partial charge in [-0.3, -0.25) is 4.79 Å². The topological polar surface area (TPSA) is 38.3 Å². The zero-order valence-corrected chi connectivity index (χ0v) is 12.0. The number of carbonyl (C=O) groups is 1. The minimum Gasteiger partial charge on any atom is -0.381 e. The van der Waals surface area contributed by atoms with Crippen molar-refractivity contribution >= 4 is 6.41 Å². The molecule has 0 unspecified atom stereocenters. The van der Waals surface area contributed by atoms with Crippen LogP contribution in [-0.4, -0.2) is 25.7 Å². The first-order valence-corrected chi connectivity index (χ1v) is 7.05. The molecule has 1 N–H and O–H groups in total. The van der Waals surface area contributed by atoms with Crippen molar-refractivity contribution in [3.63, 3.8) is 0 Å². The summed E-state index contributed by atoms with van der Waals surface area (Å²) in [7, 11) is 0. The highest BCUT2D eigenvalue weighted by Crippen LogP contribution is 2.09. The smallest absolute Gasteiger partial charge is 0.207 e. The molecule has 1 atom stereocenters. The standard InChI is InChI=1S/C12H17NO.C4H8O.H2/c1-10(2)12(13-9-14)8-11-6-4-3-5-7-11;1-2-4-5-3-1;/h3-7,9-10,12H,8H2,1-2H3,(H,13,14);1-4H2;1H/t12-;;/m0../s1. The molecule has 3 heteroatoms. The number of amides is 1. The van der Waals surface area contributed by atoms with Gasteiger partial charge in [0, 0.05) is 20.7 Å². The number of hydrogen-bond donors (Lipinski definition) is 1. The number of rotatable bonds is 5. The summed E-state index contributed by atoms with van der Waals surface area (Å²) >= 11 is 0. The lowest BCUT2D eigenvalue weighted by Gasteiger charge is -2.19. The molecule has 2 rings (SSSR count). The molecular weight excluding hydrogens is 238 g/mol. The van der Waals surface area contributed by atoms with E-state index in [-0.39, 0.29) is 7.47 Å². The zero-order valence-electron chi connectivity index (χ0n) is 12.0. The highest BCUT2D eigenvalue weighted by atomic mass is 16.5. The second kappa shape index (κ2) is 9.56. The molecule has 1 fully saturated rings. The normalized spacial score (nSPS) is 15.5. The third-order valence-corrected chi connectivity index (χ3v) is 3.21. The summed E-state index contributed by atoms with van der Waals surface area (Å²) in [5.41, 5.74) is 1.26. The molecule has 0 radical (unpaired) electrons. The molecule has 1 saturated heterocycles. The SMILES string of the molecule is C1CCOC1.CC(C)[C@H](Cc1ccccc1)NC=O.[HH]. The van der Waals surface area contributed by atoms with Gasteiger partial charge < -0.3 is 10.1 Å². The fraction of sp³-hybridized carbons (Fsp3) is 0.562. The van der Waals surface area contributed by atoms with Gasteiger partial charge in [-0.25, -0.2) is 0 Å². The lowest BCUT2D eigenvalue weighted by Crippen LogP contribution is -2.34. The van der Waals surface area contributed by atoms with E-state index in [1.807, 2.05) is 18.2 Å². The minimum atomic E-state index is 0. The highest BCUT2D eigenvalue weighted by Gasteiger charge is 2.12. The summed E-state index contributed by atoms with van der Waals surface area (Å²) in [6, 6.07) is 10.4. The van der Waals surface area contributed by atoms with E-state index in [4.69, 9.17) is 4.74 Å². The summed E-state index contributed by atoms with van der Waals surface area (Å²) in [5, 5.41) is 2.85. The molecule has 0 spiro atoms. The van der Waals surface area contributed by atoms with Gasteiger partial charge in [0.25, 0.3) is 0 Å². The van der Waals surface area contributed by atoms with Gasteiger partial charge in [0.2, 0.25) is 6.41 Å². The number of nitrogens with one attached hydrogen (secondary N) is 1. The van der Waals surface area contributed by atoms with Crippen molar-refractivity contribution in [3.8, 4) is 0 Å². The van der Waals surface area contributed by atoms with E-state index in [1.54, 1.807) is 0 Å². The molecule has 1 amide bonds. The Morgan fingerprint density at radius 1 is 1.26 bits per heavy atom. The average molecular weight is 265 g/mol. The molecule has 0 aromatic heterocycles. The van der Waals surface area contributed by atoms with Crippen molar-refractivity contribution < 1.29 is 11.0 Å². The van der Waals surface area contributed by atoms with E-state index in [0.717, 1.165) is 26.0 Å². The first kappa shape index (κ1) is 15.7. The van der Waals surface area contributed by atoms with Crippen LogP contribution in [0.5, 0.6) is 0 Å². The Labute approximate surface area is 117 Å². The van der Waals surface area contributed by atoms with Crippen LogP contribution >= 0.6 is 0 Å². The summed E-state index contributed by atoms with van der Waals surface area (Å²) < 4.78 is 4.94. The lowest BCUT2D eigenvalue weighted by atomic mass is 9.97. The highest BCUT2D eigenvalue weighted by molar-refractivity contribution is 5.46. The third kappa shape index (κ3) is 6.97. The van der Waals surface area contributed by atoms with Crippen molar-refractivity contribution in [2.75, 3.05) is 13.2 Å². The number of benzene rings is 1. The summed E-state index contributed by atoms with van der Waals surface area (Å²) in [6.07, 6.45) is 4.24. The summed E-state index contributed by atoms with van der Waals surface area (Å²) in [4.78, 5) is 10.4. The predicted octanol–water partition coefficient (Wildman–Crippen LogP) is 3.04. The number of carbonyl (C=O) groups excluding carboxylic acids is 1. The molecule has 1 aromatic carbocycles. The Morgan fingerprint density at radius 3 is 2.32 bits per heavy atom. The first-order chi connectivity index (χ1) is 9.24. The molecule has 0 bridgehead atoms. The van der Waals surface area contributed by atoms with E-state index >= 15 is 0 Å². The Kier molecular flexibility index (Phi) is 7.91. The van der Waals surface area contributed by atoms with Crippen molar-refractivity contribution in [3.05, 3.63) is 35.9 Å². The van der Waals surface area contributed by atoms with Crippen LogP contribution in [0.15, 0.2) is 30.3 Å². The van der Waals surface area contributed by atoms with Crippen molar-refractivity contribution in [2.45, 2.75) is 39.2 Å². The molecule has 0 saturated carbocycles. The van der Waals surface area contributed by atoms with Crippen molar-refractivity contribution in [2.24, 2.45) is 5.92 Å². The second-order valence-electron chi connectivity index (χ2n) is 5.14. The van der Waals surface area contributed by atoms with Gasteiger partial charge >= 0.3 is 0 Å². The van der Waals surface area contributed by atoms with E-state index in [1.165, 1.54) is 18.4 Å². The Balaban J connectivity index is 0.000000507. The van der Waals surface area contributed by atoms with Crippen LogP contribution < -0.4 is 5.32 Å². The lowest BCUT2D eigenvalue weighted by molar-refractivity contribution is -0.110. The average Bonchev–Trinajstić information content (AvgIpc) is 2.98. The predicted molar refractivity (Wildman–Crippen MR) is 80.1 cm³/mol. The minimum absolute atomic E-state index is 0. The molecule has 108 valence electrons. The third-order valence-electron chi connectivity index (χ3n) is 3.21. The maximum absolute atomic E-state index is 10.4. The van der Waals surface area contributed by atoms with Crippen LogP contribution in [0.2, 0.25) is 0 Å². The van der Waals surface area contributed by atoms with Crippen LogP contribution in [-0.2, 0) is 16.0 Å². The van der Waals surface area contributed by atoms with Crippen molar-refractivity contribution in [1.29, 1.82) is 0 Å². The Hall–Kier alpha value is -1.35. The maximum Gasteiger partial charge on any atom is 0.207 e. The first-order valence-electron chi connectivity index (χ1n) is 7.05. The van der Waals surface area contributed by atoms with Gasteiger partial charge in [-0.1, -0.05) is 44.2 Å². The van der Waals surface area contributed by atoms with E-state index in [2.05, 4.69) is 31.3 Å². The number of hydrogen-bond acceptors (Lipinski definition) is 2. The Bertz CT molecular complexity index is 332. The molecule has 0 aliphatic carbocycles. The summed E-state index contributed by atoms with van der Waals surface area (Å²) in [5.74, 6) is 0.459. The van der Waals surface area contributed by atoms with E-state index in [9.17, 15) is 4.79 Å². The molecule has 1 aliphatic rings. The molecular formula is C16H27NO2. The molecule has 1 heterocycles. The second-order valence-corrected chi connectivity index (χ2v) is 5.14. The molecule has 1 aromatic rings. The zero-order chi connectivity index (χ0) is 13.9. The van der Waals surface area contributed by atoms with Crippen molar-refractivity contribution in [1.82, 2.24) is 5.32 Å².